The quantitative estimate of drug-likeness (QED) is 0.674. The van der Waals surface area contributed by atoms with Crippen LogP contribution in [0.4, 0.5) is 4.79 Å². The molecule has 0 bridgehead atoms. The first kappa shape index (κ1) is 12.7. The summed E-state index contributed by atoms with van der Waals surface area (Å²) in [6.07, 6.45) is 0. The predicted molar refractivity (Wildman–Crippen MR) is 54.9 cm³/mol. The summed E-state index contributed by atoms with van der Waals surface area (Å²) in [5.74, 6) is 0.261. The molecule has 0 fully saturated rings. The SMILES string of the molecule is CC(C)CNC(=O)CNC(=O)N(C)C. The molecule has 0 aliphatic carbocycles. The lowest BCUT2D eigenvalue weighted by atomic mass is 10.2. The van der Waals surface area contributed by atoms with E-state index < -0.39 is 0 Å². The van der Waals surface area contributed by atoms with Crippen molar-refractivity contribution in [2.45, 2.75) is 13.8 Å². The summed E-state index contributed by atoms with van der Waals surface area (Å²) in [6, 6.07) is -0.260. The van der Waals surface area contributed by atoms with Gasteiger partial charge in [0.05, 0.1) is 6.54 Å². The molecule has 5 heteroatoms. The zero-order chi connectivity index (χ0) is 11.1. The van der Waals surface area contributed by atoms with Crippen molar-refractivity contribution in [2.75, 3.05) is 27.2 Å². The molecule has 14 heavy (non-hydrogen) atoms. The highest BCUT2D eigenvalue weighted by atomic mass is 16.2. The number of hydrogen-bond acceptors (Lipinski definition) is 2. The van der Waals surface area contributed by atoms with Crippen molar-refractivity contribution in [3.05, 3.63) is 0 Å². The van der Waals surface area contributed by atoms with Gasteiger partial charge >= 0.3 is 6.03 Å². The van der Waals surface area contributed by atoms with E-state index in [2.05, 4.69) is 10.6 Å². The van der Waals surface area contributed by atoms with Gasteiger partial charge in [-0.3, -0.25) is 4.79 Å². The highest BCUT2D eigenvalue weighted by molar-refractivity contribution is 5.83. The number of carbonyl (C=O) groups excluding carboxylic acids is 2. The van der Waals surface area contributed by atoms with Gasteiger partial charge in [-0.2, -0.15) is 0 Å². The fourth-order valence-electron chi connectivity index (χ4n) is 0.694. The normalized spacial score (nSPS) is 9.79. The van der Waals surface area contributed by atoms with Gasteiger partial charge in [0.15, 0.2) is 0 Å². The maximum atomic E-state index is 11.1. The van der Waals surface area contributed by atoms with Crippen LogP contribution in [0.15, 0.2) is 0 Å². The van der Waals surface area contributed by atoms with Gasteiger partial charge < -0.3 is 15.5 Å². The Kier molecular flexibility index (Phi) is 5.67. The first-order chi connectivity index (χ1) is 6.43. The molecule has 0 aliphatic rings. The average molecular weight is 201 g/mol. The molecular weight excluding hydrogens is 182 g/mol. The van der Waals surface area contributed by atoms with E-state index in [-0.39, 0.29) is 18.5 Å². The molecule has 0 aromatic rings. The third kappa shape index (κ3) is 6.28. The van der Waals surface area contributed by atoms with Crippen LogP contribution in [0.3, 0.4) is 0 Å². The van der Waals surface area contributed by atoms with Crippen molar-refractivity contribution in [1.29, 1.82) is 0 Å². The number of rotatable bonds is 4. The Bertz CT molecular complexity index is 202. The van der Waals surface area contributed by atoms with Crippen LogP contribution in [0, 0.1) is 5.92 Å². The second-order valence-corrected chi connectivity index (χ2v) is 3.75. The van der Waals surface area contributed by atoms with Crippen LogP contribution in [0.2, 0.25) is 0 Å². The van der Waals surface area contributed by atoms with Gasteiger partial charge in [-0.05, 0) is 5.92 Å². The average Bonchev–Trinajstić information content (AvgIpc) is 2.10. The van der Waals surface area contributed by atoms with Crippen LogP contribution in [0.25, 0.3) is 0 Å². The second-order valence-electron chi connectivity index (χ2n) is 3.75. The molecule has 0 spiro atoms. The van der Waals surface area contributed by atoms with Crippen molar-refractivity contribution in [3.63, 3.8) is 0 Å². The molecule has 82 valence electrons. The maximum Gasteiger partial charge on any atom is 0.317 e. The van der Waals surface area contributed by atoms with E-state index in [1.165, 1.54) is 4.90 Å². The monoisotopic (exact) mass is 201 g/mol. The van der Waals surface area contributed by atoms with E-state index in [0.717, 1.165) is 0 Å². The van der Waals surface area contributed by atoms with Crippen LogP contribution in [-0.2, 0) is 4.79 Å². The number of hydrogen-bond donors (Lipinski definition) is 2. The minimum atomic E-state index is -0.260. The van der Waals surface area contributed by atoms with Gasteiger partial charge in [0.2, 0.25) is 5.91 Å². The Morgan fingerprint density at radius 2 is 1.79 bits per heavy atom. The van der Waals surface area contributed by atoms with Crippen LogP contribution < -0.4 is 10.6 Å². The highest BCUT2D eigenvalue weighted by Gasteiger charge is 2.06. The Labute approximate surface area is 84.8 Å². The van der Waals surface area contributed by atoms with E-state index in [1.807, 2.05) is 13.8 Å². The summed E-state index contributed by atoms with van der Waals surface area (Å²) in [4.78, 5) is 23.5. The van der Waals surface area contributed by atoms with E-state index in [4.69, 9.17) is 0 Å². The first-order valence-electron chi connectivity index (χ1n) is 4.65. The minimum absolute atomic E-state index is 0.0315. The van der Waals surface area contributed by atoms with E-state index in [9.17, 15) is 9.59 Å². The van der Waals surface area contributed by atoms with Gasteiger partial charge in [-0.15, -0.1) is 0 Å². The molecule has 5 nitrogen and oxygen atoms in total. The highest BCUT2D eigenvalue weighted by Crippen LogP contribution is 1.86. The molecule has 3 amide bonds. The van der Waals surface area contributed by atoms with Gasteiger partial charge in [-0.25, -0.2) is 4.79 Å². The minimum Gasteiger partial charge on any atom is -0.354 e. The van der Waals surface area contributed by atoms with Gasteiger partial charge in [0.25, 0.3) is 0 Å². The molecule has 0 saturated heterocycles. The molecule has 0 atom stereocenters. The van der Waals surface area contributed by atoms with Gasteiger partial charge in [-0.1, -0.05) is 13.8 Å². The van der Waals surface area contributed by atoms with Gasteiger partial charge in [0, 0.05) is 20.6 Å². The zero-order valence-corrected chi connectivity index (χ0v) is 9.26. The molecule has 0 unspecified atom stereocenters. The van der Waals surface area contributed by atoms with E-state index >= 15 is 0 Å². The molecule has 0 radical (unpaired) electrons. The molecule has 0 aliphatic heterocycles. The van der Waals surface area contributed by atoms with Crippen molar-refractivity contribution < 1.29 is 9.59 Å². The Balaban J connectivity index is 3.59. The fourth-order valence-corrected chi connectivity index (χ4v) is 0.694. The van der Waals surface area contributed by atoms with Crippen molar-refractivity contribution in [3.8, 4) is 0 Å². The molecule has 0 saturated carbocycles. The number of carbonyl (C=O) groups is 2. The lowest BCUT2D eigenvalue weighted by Gasteiger charge is -2.12. The Morgan fingerprint density at radius 1 is 1.21 bits per heavy atom. The molecule has 0 rings (SSSR count). The Hall–Kier alpha value is -1.26. The zero-order valence-electron chi connectivity index (χ0n) is 9.26. The van der Waals surface area contributed by atoms with Gasteiger partial charge in [0.1, 0.15) is 0 Å². The lowest BCUT2D eigenvalue weighted by Crippen LogP contribution is -2.42. The van der Waals surface area contributed by atoms with Crippen LogP contribution >= 0.6 is 0 Å². The predicted octanol–water partition coefficient (Wildman–Crippen LogP) is 0.0298. The lowest BCUT2D eigenvalue weighted by molar-refractivity contribution is -0.120. The van der Waals surface area contributed by atoms with Crippen LogP contribution in [0.1, 0.15) is 13.8 Å². The summed E-state index contributed by atoms with van der Waals surface area (Å²) < 4.78 is 0. The Morgan fingerprint density at radius 3 is 2.21 bits per heavy atom. The maximum absolute atomic E-state index is 11.1. The van der Waals surface area contributed by atoms with Crippen molar-refractivity contribution in [1.82, 2.24) is 15.5 Å². The van der Waals surface area contributed by atoms with Crippen LogP contribution in [0.5, 0.6) is 0 Å². The summed E-state index contributed by atoms with van der Waals surface area (Å²) in [7, 11) is 3.25. The number of nitrogens with one attached hydrogen (secondary N) is 2. The van der Waals surface area contributed by atoms with E-state index in [0.29, 0.717) is 12.5 Å². The fraction of sp³-hybridized carbons (Fsp3) is 0.778. The number of nitrogens with zero attached hydrogens (tertiary/aromatic N) is 1. The second kappa shape index (κ2) is 6.23. The standard InChI is InChI=1S/C9H19N3O2/c1-7(2)5-10-8(13)6-11-9(14)12(3)4/h7H,5-6H2,1-4H3,(H,10,13)(H,11,14). The van der Waals surface area contributed by atoms with Crippen LogP contribution in [-0.4, -0.2) is 44.0 Å². The number of urea groups is 1. The molecular formula is C9H19N3O2. The molecule has 0 aromatic carbocycles. The number of amides is 3. The van der Waals surface area contributed by atoms with E-state index in [1.54, 1.807) is 14.1 Å². The summed E-state index contributed by atoms with van der Waals surface area (Å²) in [6.45, 7) is 4.69. The summed E-state index contributed by atoms with van der Waals surface area (Å²) in [5.41, 5.74) is 0. The third-order valence-electron chi connectivity index (χ3n) is 1.51. The summed E-state index contributed by atoms with van der Waals surface area (Å²) >= 11 is 0. The topological polar surface area (TPSA) is 61.4 Å². The summed E-state index contributed by atoms with van der Waals surface area (Å²) in [5, 5.41) is 5.18. The molecule has 2 N–H and O–H groups in total. The third-order valence-corrected chi connectivity index (χ3v) is 1.51. The first-order valence-corrected chi connectivity index (χ1v) is 4.65. The smallest absolute Gasteiger partial charge is 0.317 e. The van der Waals surface area contributed by atoms with Crippen molar-refractivity contribution >= 4 is 11.9 Å². The molecule has 0 heterocycles. The largest absolute Gasteiger partial charge is 0.354 e. The van der Waals surface area contributed by atoms with Crippen molar-refractivity contribution in [2.24, 2.45) is 5.92 Å². The molecule has 0 aromatic heterocycles.